The first-order chi connectivity index (χ1) is 13.5. The molecule has 5 aliphatic heterocycles. The number of nitrogens with zero attached hydrogens (tertiary/aromatic N) is 1. The number of esters is 1. The third-order valence-corrected chi connectivity index (χ3v) is 6.72. The summed E-state index contributed by atoms with van der Waals surface area (Å²) in [5.74, 6) is -1.80. The summed E-state index contributed by atoms with van der Waals surface area (Å²) in [7, 11) is 1.38. The highest BCUT2D eigenvalue weighted by Crippen LogP contribution is 2.56. The van der Waals surface area contributed by atoms with Gasteiger partial charge in [0.1, 0.15) is 24.4 Å². The summed E-state index contributed by atoms with van der Waals surface area (Å²) in [6, 6.07) is 0.0444. The summed E-state index contributed by atoms with van der Waals surface area (Å²) in [5, 5.41) is 1.84. The molecule has 5 aliphatic rings. The molecule has 9 nitrogen and oxygen atoms in total. The van der Waals surface area contributed by atoms with E-state index in [0.717, 1.165) is 12.8 Å². The summed E-state index contributed by atoms with van der Waals surface area (Å²) in [4.78, 5) is 18.6. The molecule has 0 saturated carbocycles. The van der Waals surface area contributed by atoms with Crippen LogP contribution in [-0.2, 0) is 38.1 Å². The normalized spacial score (nSPS) is 50.2. The fourth-order valence-corrected chi connectivity index (χ4v) is 5.58. The Kier molecular flexibility index (Phi) is 4.25. The number of carbonyl (C=O) groups is 1. The van der Waals surface area contributed by atoms with Crippen LogP contribution in [0.2, 0.25) is 0 Å². The van der Waals surface area contributed by atoms with E-state index in [1.165, 1.54) is 7.11 Å². The van der Waals surface area contributed by atoms with E-state index in [0.29, 0.717) is 13.0 Å². The molecule has 5 rings (SSSR count). The lowest BCUT2D eigenvalue weighted by atomic mass is 9.96. The third kappa shape index (κ3) is 2.90. The number of fused-ring (bicyclic) bond motifs is 4. The van der Waals surface area contributed by atoms with Crippen molar-refractivity contribution >= 4 is 5.97 Å². The minimum atomic E-state index is -1.03. The first-order valence-corrected chi connectivity index (χ1v) is 10.4. The Labute approximate surface area is 170 Å². The quantitative estimate of drug-likeness (QED) is 0.625. The molecule has 0 aromatic carbocycles. The van der Waals surface area contributed by atoms with Gasteiger partial charge in [0.25, 0.3) is 0 Å². The molecule has 0 aromatic heterocycles. The molecule has 0 bridgehead atoms. The van der Waals surface area contributed by atoms with Crippen molar-refractivity contribution in [2.75, 3.05) is 13.7 Å². The fraction of sp³-hybridized carbons (Fsp3) is 0.950. The van der Waals surface area contributed by atoms with Crippen molar-refractivity contribution in [3.63, 3.8) is 0 Å². The molecule has 0 aromatic rings. The zero-order valence-electron chi connectivity index (χ0n) is 17.9. The summed E-state index contributed by atoms with van der Waals surface area (Å²) in [6.07, 6.45) is 0.786. The second-order valence-electron chi connectivity index (χ2n) is 9.85. The number of rotatable bonds is 2. The number of hydroxylamine groups is 2. The fourth-order valence-electron chi connectivity index (χ4n) is 5.58. The Balaban J connectivity index is 1.46. The van der Waals surface area contributed by atoms with Crippen molar-refractivity contribution in [2.24, 2.45) is 0 Å². The van der Waals surface area contributed by atoms with Crippen LogP contribution >= 0.6 is 0 Å². The highest BCUT2D eigenvalue weighted by atomic mass is 16.8. The highest BCUT2D eigenvalue weighted by Gasteiger charge is 2.72. The van der Waals surface area contributed by atoms with Gasteiger partial charge in [-0.25, -0.2) is 4.79 Å². The Morgan fingerprint density at radius 1 is 1.00 bits per heavy atom. The molecular formula is C20H31NO8. The van der Waals surface area contributed by atoms with Gasteiger partial charge in [-0.3, -0.25) is 4.84 Å². The van der Waals surface area contributed by atoms with E-state index in [4.69, 9.17) is 33.3 Å². The van der Waals surface area contributed by atoms with Crippen molar-refractivity contribution in [2.45, 2.75) is 107 Å². The second-order valence-corrected chi connectivity index (χ2v) is 9.85. The number of methoxy groups -OCH3 is 1. The average Bonchev–Trinajstić information content (AvgIpc) is 3.38. The highest BCUT2D eigenvalue weighted by molar-refractivity contribution is 5.79. The minimum absolute atomic E-state index is 0.0444. The molecule has 1 spiro atoms. The molecule has 164 valence electrons. The minimum Gasteiger partial charge on any atom is -0.467 e. The van der Waals surface area contributed by atoms with Crippen LogP contribution in [0.3, 0.4) is 0 Å². The average molecular weight is 413 g/mol. The van der Waals surface area contributed by atoms with E-state index in [2.05, 4.69) is 0 Å². The molecule has 5 heterocycles. The topological polar surface area (TPSA) is 84.9 Å². The molecule has 7 atom stereocenters. The van der Waals surface area contributed by atoms with Gasteiger partial charge in [-0.2, -0.15) is 5.06 Å². The zero-order chi connectivity index (χ0) is 20.8. The molecule has 5 fully saturated rings. The van der Waals surface area contributed by atoms with Crippen molar-refractivity contribution in [3.8, 4) is 0 Å². The third-order valence-electron chi connectivity index (χ3n) is 6.72. The van der Waals surface area contributed by atoms with E-state index >= 15 is 0 Å². The summed E-state index contributed by atoms with van der Waals surface area (Å²) >= 11 is 0. The standard InChI is InChI=1S/C20H31NO8/c1-17(2)24-10-12(25-17)13-14-15(28-18(3,4)26-14)20(27-13)8-7-11-9-19(5,16(22)23-6)29-21(11)20/h11-15H,7-10H2,1-6H3/t11-,12+,13+,14-,15-,19+,20-/m0/s1. The van der Waals surface area contributed by atoms with Gasteiger partial charge in [-0.05, 0) is 47.5 Å². The van der Waals surface area contributed by atoms with E-state index in [-0.39, 0.29) is 36.4 Å². The summed E-state index contributed by atoms with van der Waals surface area (Å²) in [5.41, 5.74) is -1.87. The molecule has 0 aliphatic carbocycles. The first kappa shape index (κ1) is 20.1. The molecule has 0 radical (unpaired) electrons. The van der Waals surface area contributed by atoms with Crippen LogP contribution in [0, 0.1) is 0 Å². The van der Waals surface area contributed by atoms with E-state index < -0.39 is 22.9 Å². The van der Waals surface area contributed by atoms with Crippen molar-refractivity contribution in [1.82, 2.24) is 5.06 Å². The van der Waals surface area contributed by atoms with Crippen molar-refractivity contribution in [3.05, 3.63) is 0 Å². The Bertz CT molecular complexity index is 713. The van der Waals surface area contributed by atoms with Gasteiger partial charge in [-0.1, -0.05) is 0 Å². The Morgan fingerprint density at radius 3 is 2.41 bits per heavy atom. The number of hydrogen-bond donors (Lipinski definition) is 0. The van der Waals surface area contributed by atoms with Gasteiger partial charge in [0.2, 0.25) is 0 Å². The van der Waals surface area contributed by atoms with Crippen LogP contribution in [-0.4, -0.2) is 78.1 Å². The maximum atomic E-state index is 12.3. The molecule has 0 unspecified atom stereocenters. The van der Waals surface area contributed by atoms with Crippen molar-refractivity contribution in [1.29, 1.82) is 0 Å². The van der Waals surface area contributed by atoms with Gasteiger partial charge in [0.05, 0.1) is 13.7 Å². The summed E-state index contributed by atoms with van der Waals surface area (Å²) in [6.45, 7) is 9.78. The van der Waals surface area contributed by atoms with E-state index in [1.807, 2.05) is 32.8 Å². The molecule has 5 saturated heterocycles. The second kappa shape index (κ2) is 6.12. The zero-order valence-corrected chi connectivity index (χ0v) is 17.9. The van der Waals surface area contributed by atoms with E-state index in [9.17, 15) is 4.79 Å². The Morgan fingerprint density at radius 2 is 1.76 bits per heavy atom. The van der Waals surface area contributed by atoms with Crippen LogP contribution in [0.4, 0.5) is 0 Å². The van der Waals surface area contributed by atoms with Crippen LogP contribution in [0.25, 0.3) is 0 Å². The summed E-state index contributed by atoms with van der Waals surface area (Å²) < 4.78 is 36.1. The van der Waals surface area contributed by atoms with Crippen LogP contribution in [0.1, 0.15) is 53.9 Å². The smallest absolute Gasteiger partial charge is 0.340 e. The Hall–Kier alpha value is -0.810. The van der Waals surface area contributed by atoms with Gasteiger partial charge in [0, 0.05) is 12.5 Å². The number of hydrogen-bond acceptors (Lipinski definition) is 9. The molecule has 29 heavy (non-hydrogen) atoms. The lowest BCUT2D eigenvalue weighted by Crippen LogP contribution is -2.54. The molecule has 9 heteroatoms. The predicted molar refractivity (Wildman–Crippen MR) is 97.3 cm³/mol. The number of carbonyl (C=O) groups excluding carboxylic acids is 1. The van der Waals surface area contributed by atoms with Crippen LogP contribution in [0.15, 0.2) is 0 Å². The first-order valence-electron chi connectivity index (χ1n) is 10.4. The molecule has 0 amide bonds. The van der Waals surface area contributed by atoms with Crippen LogP contribution in [0.5, 0.6) is 0 Å². The van der Waals surface area contributed by atoms with Crippen molar-refractivity contribution < 1.29 is 38.1 Å². The number of ether oxygens (including phenoxy) is 6. The van der Waals surface area contributed by atoms with Gasteiger partial charge < -0.3 is 28.4 Å². The molecule has 0 N–H and O–H groups in total. The molecular weight excluding hydrogens is 382 g/mol. The van der Waals surface area contributed by atoms with Crippen LogP contribution < -0.4 is 0 Å². The monoisotopic (exact) mass is 413 g/mol. The maximum absolute atomic E-state index is 12.3. The largest absolute Gasteiger partial charge is 0.467 e. The lowest BCUT2D eigenvalue weighted by molar-refractivity contribution is -0.336. The lowest BCUT2D eigenvalue weighted by Gasteiger charge is -2.38. The van der Waals surface area contributed by atoms with Gasteiger partial charge in [0.15, 0.2) is 22.9 Å². The van der Waals surface area contributed by atoms with Gasteiger partial charge in [-0.15, -0.1) is 0 Å². The maximum Gasteiger partial charge on any atom is 0.340 e. The predicted octanol–water partition coefficient (Wildman–Crippen LogP) is 1.48. The van der Waals surface area contributed by atoms with Gasteiger partial charge >= 0.3 is 5.97 Å². The van der Waals surface area contributed by atoms with E-state index in [1.54, 1.807) is 6.92 Å². The SMILES string of the molecule is COC(=O)[C@@]1(C)C[C@@H]2CC[C@@]3(O[C@H]([C@H]4COC(C)(C)O4)[C@@H]4OC(C)(C)O[C@@H]43)N2O1.